The van der Waals surface area contributed by atoms with Crippen LogP contribution >= 0.6 is 0 Å². The van der Waals surface area contributed by atoms with Crippen LogP contribution in [0.2, 0.25) is 0 Å². The second kappa shape index (κ2) is 20.5. The molecule has 386 valence electrons. The van der Waals surface area contributed by atoms with Gasteiger partial charge in [0.1, 0.15) is 0 Å². The number of hydrogen-bond acceptors (Lipinski definition) is 0. The molecule has 0 amide bonds. The average Bonchev–Trinajstić information content (AvgIpc) is 3.41. The molecule has 0 radical (unpaired) electrons. The van der Waals surface area contributed by atoms with Crippen molar-refractivity contribution in [3.8, 4) is 33.6 Å². The maximum Gasteiger partial charge on any atom is 0.180 e. The Morgan fingerprint density at radius 2 is 0.537 bits per heavy atom. The van der Waals surface area contributed by atoms with E-state index in [1.807, 2.05) is 0 Å². The molecule has 0 N–H and O–H groups in total. The Morgan fingerprint density at radius 1 is 0.195 bits per heavy atom. The van der Waals surface area contributed by atoms with Gasteiger partial charge in [-0.25, -0.2) is 0 Å². The maximum absolute atomic E-state index is 3.19. The maximum atomic E-state index is 2.58. The monoisotopic (exact) mass is 1080 g/mol. The Bertz CT molecular complexity index is 4550. The summed E-state index contributed by atoms with van der Waals surface area (Å²) in [5.74, 6) is 0. The van der Waals surface area contributed by atoms with Crippen molar-refractivity contribution in [2.45, 2.75) is 0 Å². The van der Waals surface area contributed by atoms with Crippen molar-refractivity contribution in [1.82, 2.24) is 9.13 Å². The van der Waals surface area contributed by atoms with Gasteiger partial charge in [0.05, 0.1) is 22.1 Å². The fourth-order valence-corrected chi connectivity index (χ4v) is 23.5. The smallest absolute Gasteiger partial charge is 0.180 e. The molecule has 0 atom stereocenters. The van der Waals surface area contributed by atoms with Gasteiger partial charge in [-0.2, -0.15) is 0 Å². The molecule has 2 nitrogen and oxygen atoms in total. The standard InChI is InChI=1S/C78H56N2Si2/c1-7-27-57(28-8-1)59-31-23-42-67(53-59)81(63-34-11-3-12-35-63,68-43-24-32-60(54-68)58-29-9-2-10-30-58)69-44-25-33-61(55-69)80-75-52-51-62(79-73-47-21-19-45-70(73)71-46-20-22-48-74(71)79)56-72(75)78-76(80)49-26-50-77(78)82(64-36-13-4-14-37-64,65-38-15-5-16-39-65)66-40-17-6-18-41-66/h1-56H. The minimum atomic E-state index is -3.19. The van der Waals surface area contributed by atoms with E-state index >= 15 is 0 Å². The van der Waals surface area contributed by atoms with Gasteiger partial charge in [-0.1, -0.05) is 291 Å². The molecule has 0 fully saturated rings. The van der Waals surface area contributed by atoms with Crippen LogP contribution in [0.25, 0.3) is 77.2 Å². The Balaban J connectivity index is 1.06. The summed E-state index contributed by atoms with van der Waals surface area (Å²) in [6, 6.07) is 128. The summed E-state index contributed by atoms with van der Waals surface area (Å²) in [6.07, 6.45) is 0. The van der Waals surface area contributed by atoms with Gasteiger partial charge in [-0.05, 0) is 112 Å². The predicted molar refractivity (Wildman–Crippen MR) is 353 cm³/mol. The van der Waals surface area contributed by atoms with E-state index in [1.165, 1.54) is 102 Å². The van der Waals surface area contributed by atoms with Crippen LogP contribution in [0.5, 0.6) is 0 Å². The highest BCUT2D eigenvalue weighted by atomic mass is 28.3. The summed E-state index contributed by atoms with van der Waals surface area (Å²) in [5, 5.41) is 15.7. The molecule has 82 heavy (non-hydrogen) atoms. The lowest BCUT2D eigenvalue weighted by Gasteiger charge is -2.35. The van der Waals surface area contributed by atoms with Crippen molar-refractivity contribution in [2.75, 3.05) is 0 Å². The summed E-state index contributed by atoms with van der Waals surface area (Å²) in [7, 11) is -6.28. The van der Waals surface area contributed by atoms with Crippen molar-refractivity contribution >= 4 is 101 Å². The highest BCUT2D eigenvalue weighted by molar-refractivity contribution is 7.21. The first-order chi connectivity index (χ1) is 40.7. The van der Waals surface area contributed by atoms with Crippen LogP contribution < -0.4 is 41.5 Å². The molecule has 2 heterocycles. The molecule has 15 rings (SSSR count). The van der Waals surface area contributed by atoms with Gasteiger partial charge in [0.25, 0.3) is 0 Å². The van der Waals surface area contributed by atoms with Crippen LogP contribution in [0.15, 0.2) is 340 Å². The van der Waals surface area contributed by atoms with E-state index in [1.54, 1.807) is 0 Å². The summed E-state index contributed by atoms with van der Waals surface area (Å²) >= 11 is 0. The second-order valence-electron chi connectivity index (χ2n) is 21.5. The van der Waals surface area contributed by atoms with Crippen molar-refractivity contribution in [3.05, 3.63) is 340 Å². The normalized spacial score (nSPS) is 11.9. The Kier molecular flexibility index (Phi) is 12.3. The minimum absolute atomic E-state index is 1.12. The lowest BCUT2D eigenvalue weighted by molar-refractivity contribution is 1.17. The summed E-state index contributed by atoms with van der Waals surface area (Å²) in [6.45, 7) is 0. The molecule has 0 saturated heterocycles. The predicted octanol–water partition coefficient (Wildman–Crippen LogP) is 14.0. The van der Waals surface area contributed by atoms with E-state index in [0.29, 0.717) is 0 Å². The first-order valence-corrected chi connectivity index (χ1v) is 32.4. The van der Waals surface area contributed by atoms with E-state index in [-0.39, 0.29) is 0 Å². The van der Waals surface area contributed by atoms with Gasteiger partial charge in [0.15, 0.2) is 16.1 Å². The van der Waals surface area contributed by atoms with Crippen molar-refractivity contribution in [2.24, 2.45) is 0 Å². The van der Waals surface area contributed by atoms with Crippen molar-refractivity contribution in [3.63, 3.8) is 0 Å². The quantitative estimate of drug-likeness (QED) is 0.0852. The lowest BCUT2D eigenvalue weighted by atomic mass is 10.1. The Morgan fingerprint density at radius 3 is 1.04 bits per heavy atom. The van der Waals surface area contributed by atoms with Gasteiger partial charge < -0.3 is 9.13 Å². The third-order valence-corrected chi connectivity index (χ3v) is 26.7. The van der Waals surface area contributed by atoms with Gasteiger partial charge in [0, 0.05) is 32.9 Å². The van der Waals surface area contributed by atoms with Gasteiger partial charge in [-0.15, -0.1) is 0 Å². The molecule has 13 aromatic carbocycles. The third kappa shape index (κ3) is 7.90. The number of rotatable bonds is 12. The highest BCUT2D eigenvalue weighted by Gasteiger charge is 2.44. The van der Waals surface area contributed by atoms with Gasteiger partial charge in [0.2, 0.25) is 0 Å². The zero-order valence-corrected chi connectivity index (χ0v) is 47.2. The largest absolute Gasteiger partial charge is 0.309 e. The van der Waals surface area contributed by atoms with Crippen LogP contribution in [-0.2, 0) is 0 Å². The average molecular weight is 1080 g/mol. The number of aromatic nitrogens is 2. The summed E-state index contributed by atoms with van der Waals surface area (Å²) in [5.41, 5.74) is 11.8. The van der Waals surface area contributed by atoms with Gasteiger partial charge >= 0.3 is 0 Å². The number of benzene rings is 13. The molecular formula is C78H56N2Si2. The number of para-hydroxylation sites is 2. The summed E-state index contributed by atoms with van der Waals surface area (Å²) in [4.78, 5) is 0. The van der Waals surface area contributed by atoms with Crippen LogP contribution in [0.1, 0.15) is 0 Å². The first-order valence-electron chi connectivity index (χ1n) is 28.4. The molecule has 0 spiro atoms. The molecule has 4 heteroatoms. The molecular weight excluding hydrogens is 1020 g/mol. The zero-order valence-electron chi connectivity index (χ0n) is 45.2. The van der Waals surface area contributed by atoms with E-state index in [2.05, 4.69) is 349 Å². The zero-order chi connectivity index (χ0) is 54.5. The van der Waals surface area contributed by atoms with Crippen LogP contribution in [0.4, 0.5) is 0 Å². The first kappa shape index (κ1) is 49.0. The molecule has 0 aliphatic carbocycles. The molecule has 2 aromatic heterocycles. The third-order valence-electron chi connectivity index (χ3n) is 17.2. The fourth-order valence-electron chi connectivity index (χ4n) is 13.7. The number of fused-ring (bicyclic) bond motifs is 6. The van der Waals surface area contributed by atoms with Gasteiger partial charge in [-0.3, -0.25) is 0 Å². The van der Waals surface area contributed by atoms with Crippen LogP contribution in [-0.4, -0.2) is 25.3 Å². The van der Waals surface area contributed by atoms with Crippen molar-refractivity contribution in [1.29, 1.82) is 0 Å². The Labute approximate surface area is 480 Å². The number of nitrogens with zero attached hydrogens (tertiary/aromatic N) is 2. The second-order valence-corrected chi connectivity index (χ2v) is 29.1. The molecule has 0 bridgehead atoms. The summed E-state index contributed by atoms with van der Waals surface area (Å²) < 4.78 is 5.05. The highest BCUT2D eigenvalue weighted by Crippen LogP contribution is 2.38. The van der Waals surface area contributed by atoms with E-state index < -0.39 is 16.1 Å². The molecule has 0 unspecified atom stereocenters. The minimum Gasteiger partial charge on any atom is -0.309 e. The lowest BCUT2D eigenvalue weighted by Crippen LogP contribution is -2.74. The van der Waals surface area contributed by atoms with E-state index in [9.17, 15) is 0 Å². The SMILES string of the molecule is c1ccc(-c2cccc([Si](c3ccccc3)(c3cccc(-c4ccccc4)c3)c3cccc(-n4c5ccc(-n6c7ccccc7c7ccccc76)cc5c5c([Si](c6ccccc6)(c6ccccc6)c6ccccc6)cccc54)c3)c2)cc1. The Hall–Kier alpha value is -10.1. The topological polar surface area (TPSA) is 9.86 Å². The molecule has 15 aromatic rings. The molecule has 0 aliphatic heterocycles. The van der Waals surface area contributed by atoms with Crippen molar-refractivity contribution < 1.29 is 0 Å². The van der Waals surface area contributed by atoms with E-state index in [4.69, 9.17) is 0 Å². The van der Waals surface area contributed by atoms with Crippen LogP contribution in [0, 0.1) is 0 Å². The van der Waals surface area contributed by atoms with Crippen LogP contribution in [0.3, 0.4) is 0 Å². The fraction of sp³-hybridized carbons (Fsp3) is 0. The molecule has 0 saturated carbocycles. The van der Waals surface area contributed by atoms with E-state index in [0.717, 1.165) is 16.9 Å². The molecule has 0 aliphatic rings. The number of hydrogen-bond donors (Lipinski definition) is 0.